The summed E-state index contributed by atoms with van der Waals surface area (Å²) in [7, 11) is 0. The van der Waals surface area contributed by atoms with Crippen molar-refractivity contribution in [2.45, 2.75) is 13.3 Å². The Morgan fingerprint density at radius 3 is 2.48 bits per heavy atom. The van der Waals surface area contributed by atoms with E-state index in [0.717, 1.165) is 17.2 Å². The molecule has 2 N–H and O–H groups in total. The van der Waals surface area contributed by atoms with Crippen LogP contribution in [0.3, 0.4) is 0 Å². The Labute approximate surface area is 240 Å². The fourth-order valence-electron chi connectivity index (χ4n) is 3.70. The topological polar surface area (TPSA) is 106 Å². The van der Waals surface area contributed by atoms with Crippen molar-refractivity contribution in [3.63, 3.8) is 0 Å². The Morgan fingerprint density at radius 2 is 1.73 bits per heavy atom. The maximum Gasteiger partial charge on any atom is 0.345 e. The van der Waals surface area contributed by atoms with Crippen LogP contribution in [-0.4, -0.2) is 37.1 Å². The second kappa shape index (κ2) is 13.6. The average Bonchev–Trinajstić information content (AvgIpc) is 2.96. The highest BCUT2D eigenvalue weighted by Crippen LogP contribution is 2.29. The second-order valence-electron chi connectivity index (χ2n) is 8.56. The van der Waals surface area contributed by atoms with Crippen molar-refractivity contribution in [2.75, 3.05) is 13.2 Å². The molecule has 0 atom stereocenters. The van der Waals surface area contributed by atoms with Crippen molar-refractivity contribution in [1.29, 1.82) is 0 Å². The highest BCUT2D eigenvalue weighted by molar-refractivity contribution is 6.36. The van der Waals surface area contributed by atoms with Crippen LogP contribution in [0.1, 0.15) is 39.6 Å². The van der Waals surface area contributed by atoms with Gasteiger partial charge in [0.25, 0.3) is 11.8 Å². The van der Waals surface area contributed by atoms with Gasteiger partial charge in [0, 0.05) is 16.1 Å². The molecule has 0 saturated carbocycles. The molecule has 0 aromatic heterocycles. The molecule has 0 saturated heterocycles. The zero-order valence-corrected chi connectivity index (χ0v) is 23.0. The number of halogens is 2. The lowest BCUT2D eigenvalue weighted by molar-refractivity contribution is -0.120. The first kappa shape index (κ1) is 28.6. The van der Waals surface area contributed by atoms with Gasteiger partial charge in [-0.25, -0.2) is 10.2 Å². The molecule has 10 heteroatoms. The van der Waals surface area contributed by atoms with E-state index >= 15 is 0 Å². The summed E-state index contributed by atoms with van der Waals surface area (Å²) in [6.07, 6.45) is 2.26. The minimum atomic E-state index is -0.677. The van der Waals surface area contributed by atoms with Crippen LogP contribution in [0, 0.1) is 0 Å². The third kappa shape index (κ3) is 7.37. The highest BCUT2D eigenvalue weighted by Gasteiger charge is 2.16. The monoisotopic (exact) mass is 577 g/mol. The number of hydrazone groups is 1. The Bertz CT molecular complexity index is 1570. The summed E-state index contributed by atoms with van der Waals surface area (Å²) < 4.78 is 11.1. The van der Waals surface area contributed by atoms with E-state index in [1.807, 2.05) is 31.2 Å². The van der Waals surface area contributed by atoms with Crippen molar-refractivity contribution in [3.05, 3.63) is 106 Å². The van der Waals surface area contributed by atoms with Crippen LogP contribution in [-0.2, 0) is 4.79 Å². The smallest absolute Gasteiger partial charge is 0.345 e. The molecule has 0 bridgehead atoms. The van der Waals surface area contributed by atoms with Gasteiger partial charge in [-0.15, -0.1) is 0 Å². The molecule has 4 aromatic rings. The van der Waals surface area contributed by atoms with Gasteiger partial charge in [0.1, 0.15) is 11.5 Å². The van der Waals surface area contributed by atoms with Crippen LogP contribution in [0.5, 0.6) is 11.5 Å². The number of rotatable bonds is 10. The first-order chi connectivity index (χ1) is 19.4. The first-order valence-corrected chi connectivity index (χ1v) is 13.1. The fourth-order valence-corrected chi connectivity index (χ4v) is 4.19. The summed E-state index contributed by atoms with van der Waals surface area (Å²) in [5, 5.41) is 8.74. The van der Waals surface area contributed by atoms with Crippen molar-refractivity contribution in [2.24, 2.45) is 5.10 Å². The maximum absolute atomic E-state index is 12.8. The number of carbonyl (C=O) groups is 3. The number of benzene rings is 4. The van der Waals surface area contributed by atoms with Crippen LogP contribution in [0.2, 0.25) is 10.0 Å². The normalized spacial score (nSPS) is 10.9. The van der Waals surface area contributed by atoms with E-state index in [0.29, 0.717) is 28.5 Å². The van der Waals surface area contributed by atoms with E-state index < -0.39 is 17.8 Å². The average molecular weight is 578 g/mol. The van der Waals surface area contributed by atoms with Gasteiger partial charge < -0.3 is 14.8 Å². The van der Waals surface area contributed by atoms with Gasteiger partial charge in [-0.1, -0.05) is 60.5 Å². The third-order valence-corrected chi connectivity index (χ3v) is 6.21. The number of esters is 1. The molecule has 0 unspecified atom stereocenters. The minimum Gasteiger partial charge on any atom is -0.494 e. The first-order valence-electron chi connectivity index (χ1n) is 12.4. The number of amides is 2. The second-order valence-corrected chi connectivity index (χ2v) is 9.40. The van der Waals surface area contributed by atoms with E-state index in [2.05, 4.69) is 15.8 Å². The van der Waals surface area contributed by atoms with Crippen LogP contribution in [0.15, 0.2) is 84.0 Å². The number of nitrogens with zero attached hydrogens (tertiary/aromatic N) is 1. The Kier molecular flexibility index (Phi) is 9.72. The highest BCUT2D eigenvalue weighted by atomic mass is 35.5. The number of hydrogen-bond donors (Lipinski definition) is 2. The van der Waals surface area contributed by atoms with Gasteiger partial charge >= 0.3 is 5.97 Å². The van der Waals surface area contributed by atoms with E-state index in [4.69, 9.17) is 32.7 Å². The van der Waals surface area contributed by atoms with Gasteiger partial charge in [-0.2, -0.15) is 5.10 Å². The molecule has 40 heavy (non-hydrogen) atoms. The largest absolute Gasteiger partial charge is 0.494 e. The standard InChI is InChI=1S/C30H25Cl2N3O5/c1-2-15-39-22-11-7-20(8-12-22)29(37)33-18-28(36)35-34-17-25-23-6-4-3-5-19(23)9-14-27(25)40-30(38)24-13-10-21(31)16-26(24)32/h3-14,16-17H,2,15,18H2,1H3,(H,33,37)(H,35,36)/b34-17+. The van der Waals surface area contributed by atoms with Gasteiger partial charge in [-0.3, -0.25) is 9.59 Å². The van der Waals surface area contributed by atoms with E-state index in [1.165, 1.54) is 24.4 Å². The molecule has 0 aliphatic heterocycles. The van der Waals surface area contributed by atoms with Gasteiger partial charge in [0.15, 0.2) is 0 Å². The summed E-state index contributed by atoms with van der Waals surface area (Å²) >= 11 is 12.1. The fraction of sp³-hybridized carbons (Fsp3) is 0.133. The minimum absolute atomic E-state index is 0.147. The number of hydrogen-bond acceptors (Lipinski definition) is 6. The van der Waals surface area contributed by atoms with E-state index in [-0.39, 0.29) is 22.9 Å². The summed E-state index contributed by atoms with van der Waals surface area (Å²) in [6.45, 7) is 2.30. The SMILES string of the molecule is CCCOc1ccc(C(=O)NCC(=O)N/N=C/c2c(OC(=O)c3ccc(Cl)cc3Cl)ccc3ccccc23)cc1. The number of ether oxygens (including phenoxy) is 2. The predicted molar refractivity (Wildman–Crippen MR) is 156 cm³/mol. The van der Waals surface area contributed by atoms with Crippen LogP contribution >= 0.6 is 23.2 Å². The van der Waals surface area contributed by atoms with Crippen molar-refractivity contribution in [3.8, 4) is 11.5 Å². The van der Waals surface area contributed by atoms with E-state index in [1.54, 1.807) is 36.4 Å². The van der Waals surface area contributed by atoms with Crippen molar-refractivity contribution in [1.82, 2.24) is 10.7 Å². The lowest BCUT2D eigenvalue weighted by Crippen LogP contribution is -2.34. The zero-order chi connectivity index (χ0) is 28.5. The summed E-state index contributed by atoms with van der Waals surface area (Å²) in [4.78, 5) is 37.6. The molecule has 4 aromatic carbocycles. The van der Waals surface area contributed by atoms with Crippen LogP contribution < -0.4 is 20.2 Å². The zero-order valence-electron chi connectivity index (χ0n) is 21.4. The molecule has 0 spiro atoms. The summed E-state index contributed by atoms with van der Waals surface area (Å²) in [5.41, 5.74) is 3.39. The molecule has 0 fully saturated rings. The third-order valence-electron chi connectivity index (χ3n) is 5.67. The Balaban J connectivity index is 1.42. The molecular formula is C30H25Cl2N3O5. The molecule has 0 aliphatic rings. The predicted octanol–water partition coefficient (Wildman–Crippen LogP) is 6.03. The lowest BCUT2D eigenvalue weighted by atomic mass is 10.0. The molecule has 0 heterocycles. The van der Waals surface area contributed by atoms with Gasteiger partial charge in [0.05, 0.1) is 30.0 Å². The number of nitrogens with one attached hydrogen (secondary N) is 2. The molecule has 2 amide bonds. The number of carbonyl (C=O) groups excluding carboxylic acids is 3. The molecule has 204 valence electrons. The molecule has 4 rings (SSSR count). The molecule has 0 radical (unpaired) electrons. The van der Waals surface area contributed by atoms with Crippen molar-refractivity contribution < 1.29 is 23.9 Å². The van der Waals surface area contributed by atoms with Gasteiger partial charge in [0.2, 0.25) is 0 Å². The summed E-state index contributed by atoms with van der Waals surface area (Å²) in [6, 6.07) is 22.0. The lowest BCUT2D eigenvalue weighted by Gasteiger charge is -2.11. The Hall–Kier alpha value is -4.40. The maximum atomic E-state index is 12.8. The van der Waals surface area contributed by atoms with Gasteiger partial charge in [-0.05, 0) is 65.7 Å². The van der Waals surface area contributed by atoms with Crippen LogP contribution in [0.4, 0.5) is 0 Å². The van der Waals surface area contributed by atoms with Crippen molar-refractivity contribution >= 4 is 58.0 Å². The summed E-state index contributed by atoms with van der Waals surface area (Å²) in [5.74, 6) is -0.750. The molecule has 0 aliphatic carbocycles. The number of fused-ring (bicyclic) bond motifs is 1. The quantitative estimate of drug-likeness (QED) is 0.103. The molecular weight excluding hydrogens is 553 g/mol. The Morgan fingerprint density at radius 1 is 0.950 bits per heavy atom. The van der Waals surface area contributed by atoms with Crippen LogP contribution in [0.25, 0.3) is 10.8 Å². The molecule has 8 nitrogen and oxygen atoms in total. The van der Waals surface area contributed by atoms with E-state index in [9.17, 15) is 14.4 Å².